The normalized spacial score (nSPS) is 17.8. The minimum absolute atomic E-state index is 0.710. The first kappa shape index (κ1) is 14.2. The SMILES string of the molecule is CCNCC1CCc2nc(-c3cncn3C)nc(C)c2C1. The van der Waals surface area contributed by atoms with Crippen molar-refractivity contribution < 1.29 is 0 Å². The smallest absolute Gasteiger partial charge is 0.178 e. The van der Waals surface area contributed by atoms with E-state index < -0.39 is 0 Å². The van der Waals surface area contributed by atoms with Gasteiger partial charge in [-0.25, -0.2) is 15.0 Å². The Kier molecular flexibility index (Phi) is 4.01. The second-order valence-electron chi connectivity index (χ2n) is 5.86. The summed E-state index contributed by atoms with van der Waals surface area (Å²) < 4.78 is 1.97. The van der Waals surface area contributed by atoms with Crippen LogP contribution in [0.15, 0.2) is 12.5 Å². The molecule has 112 valence electrons. The number of aromatic nitrogens is 4. The van der Waals surface area contributed by atoms with Crippen LogP contribution in [0.1, 0.15) is 30.3 Å². The molecule has 0 aromatic carbocycles. The third kappa shape index (κ3) is 2.83. The van der Waals surface area contributed by atoms with Crippen LogP contribution in [0.2, 0.25) is 0 Å². The number of fused-ring (bicyclic) bond motifs is 1. The summed E-state index contributed by atoms with van der Waals surface area (Å²) in [5.74, 6) is 1.51. The fourth-order valence-electron chi connectivity index (χ4n) is 3.07. The van der Waals surface area contributed by atoms with Crippen molar-refractivity contribution in [3.63, 3.8) is 0 Å². The van der Waals surface area contributed by atoms with Crippen molar-refractivity contribution in [2.24, 2.45) is 13.0 Å². The van der Waals surface area contributed by atoms with E-state index in [2.05, 4.69) is 24.1 Å². The zero-order valence-electron chi connectivity index (χ0n) is 13.1. The average molecular weight is 285 g/mol. The minimum Gasteiger partial charge on any atom is -0.331 e. The topological polar surface area (TPSA) is 55.6 Å². The summed E-state index contributed by atoms with van der Waals surface area (Å²) in [6.07, 6.45) is 6.98. The fraction of sp³-hybridized carbons (Fsp3) is 0.562. The molecule has 5 heteroatoms. The van der Waals surface area contributed by atoms with Crippen LogP contribution in [0.3, 0.4) is 0 Å². The van der Waals surface area contributed by atoms with Gasteiger partial charge in [0.1, 0.15) is 5.69 Å². The first-order valence-corrected chi connectivity index (χ1v) is 7.72. The average Bonchev–Trinajstić information content (AvgIpc) is 2.91. The molecule has 0 saturated carbocycles. The van der Waals surface area contributed by atoms with E-state index in [1.165, 1.54) is 17.7 Å². The van der Waals surface area contributed by atoms with E-state index in [1.54, 1.807) is 6.33 Å². The Morgan fingerprint density at radius 2 is 2.24 bits per heavy atom. The van der Waals surface area contributed by atoms with E-state index in [9.17, 15) is 0 Å². The van der Waals surface area contributed by atoms with Crippen molar-refractivity contribution in [3.05, 3.63) is 29.5 Å². The van der Waals surface area contributed by atoms with Crippen LogP contribution >= 0.6 is 0 Å². The lowest BCUT2D eigenvalue weighted by molar-refractivity contribution is 0.423. The van der Waals surface area contributed by atoms with Gasteiger partial charge in [0.15, 0.2) is 5.82 Å². The standard InChI is InChI=1S/C16H23N5/c1-4-17-8-12-5-6-14-13(7-12)11(2)19-16(20-14)15-9-18-10-21(15)3/h9-10,12,17H,4-8H2,1-3H3. The molecule has 1 atom stereocenters. The highest BCUT2D eigenvalue weighted by Gasteiger charge is 2.23. The number of imidazole rings is 1. The van der Waals surface area contributed by atoms with Crippen LogP contribution in [0.25, 0.3) is 11.5 Å². The number of aryl methyl sites for hydroxylation is 3. The van der Waals surface area contributed by atoms with Crippen LogP contribution in [-0.2, 0) is 19.9 Å². The zero-order valence-corrected chi connectivity index (χ0v) is 13.1. The van der Waals surface area contributed by atoms with E-state index in [0.29, 0.717) is 5.92 Å². The van der Waals surface area contributed by atoms with Crippen LogP contribution in [-0.4, -0.2) is 32.6 Å². The molecule has 0 amide bonds. The maximum atomic E-state index is 4.80. The summed E-state index contributed by atoms with van der Waals surface area (Å²) in [5, 5.41) is 3.46. The molecule has 0 spiro atoms. The molecular formula is C16H23N5. The van der Waals surface area contributed by atoms with Gasteiger partial charge in [0.05, 0.1) is 12.5 Å². The number of rotatable bonds is 4. The molecular weight excluding hydrogens is 262 g/mol. The number of nitrogens with one attached hydrogen (secondary N) is 1. The molecule has 1 aliphatic rings. The summed E-state index contributed by atoms with van der Waals surface area (Å²) in [7, 11) is 1.98. The lowest BCUT2D eigenvalue weighted by Crippen LogP contribution is -2.28. The summed E-state index contributed by atoms with van der Waals surface area (Å²) in [5.41, 5.74) is 4.69. The van der Waals surface area contributed by atoms with Crippen molar-refractivity contribution in [2.75, 3.05) is 13.1 Å². The molecule has 2 aromatic heterocycles. The summed E-state index contributed by atoms with van der Waals surface area (Å²) in [6.45, 7) is 6.40. The fourth-order valence-corrected chi connectivity index (χ4v) is 3.07. The largest absolute Gasteiger partial charge is 0.331 e. The Hall–Kier alpha value is -1.75. The Balaban J connectivity index is 1.88. The first-order valence-electron chi connectivity index (χ1n) is 7.72. The highest BCUT2D eigenvalue weighted by molar-refractivity contribution is 5.50. The molecule has 0 aliphatic heterocycles. The number of nitrogens with zero attached hydrogens (tertiary/aromatic N) is 4. The van der Waals surface area contributed by atoms with Gasteiger partial charge >= 0.3 is 0 Å². The van der Waals surface area contributed by atoms with Crippen molar-refractivity contribution >= 4 is 0 Å². The van der Waals surface area contributed by atoms with Crippen LogP contribution < -0.4 is 5.32 Å². The second kappa shape index (κ2) is 5.93. The number of hydrogen-bond acceptors (Lipinski definition) is 4. The Morgan fingerprint density at radius 3 is 2.95 bits per heavy atom. The highest BCUT2D eigenvalue weighted by Crippen LogP contribution is 2.27. The summed E-state index contributed by atoms with van der Waals surface area (Å²) in [4.78, 5) is 13.7. The van der Waals surface area contributed by atoms with Gasteiger partial charge in [-0.3, -0.25) is 0 Å². The lowest BCUT2D eigenvalue weighted by Gasteiger charge is -2.25. The number of hydrogen-bond donors (Lipinski definition) is 1. The molecule has 1 N–H and O–H groups in total. The van der Waals surface area contributed by atoms with Crippen LogP contribution in [0, 0.1) is 12.8 Å². The molecule has 21 heavy (non-hydrogen) atoms. The van der Waals surface area contributed by atoms with Crippen LogP contribution in [0.4, 0.5) is 0 Å². The maximum Gasteiger partial charge on any atom is 0.178 e. The Bertz CT molecular complexity index is 632. The van der Waals surface area contributed by atoms with E-state index in [1.807, 2.05) is 17.8 Å². The van der Waals surface area contributed by atoms with Gasteiger partial charge in [0.25, 0.3) is 0 Å². The zero-order chi connectivity index (χ0) is 14.8. The van der Waals surface area contributed by atoms with E-state index in [4.69, 9.17) is 9.97 Å². The molecule has 5 nitrogen and oxygen atoms in total. The monoisotopic (exact) mass is 285 g/mol. The van der Waals surface area contributed by atoms with Gasteiger partial charge in [-0.2, -0.15) is 0 Å². The maximum absolute atomic E-state index is 4.80. The quantitative estimate of drug-likeness (QED) is 0.932. The van der Waals surface area contributed by atoms with Crippen LogP contribution in [0.5, 0.6) is 0 Å². The molecule has 2 heterocycles. The van der Waals surface area contributed by atoms with E-state index in [0.717, 1.165) is 43.1 Å². The van der Waals surface area contributed by atoms with Crippen molar-refractivity contribution in [2.45, 2.75) is 33.1 Å². The van der Waals surface area contributed by atoms with Gasteiger partial charge in [-0.1, -0.05) is 6.92 Å². The predicted octanol–water partition coefficient (Wildman–Crippen LogP) is 1.90. The van der Waals surface area contributed by atoms with Gasteiger partial charge in [0.2, 0.25) is 0 Å². The second-order valence-corrected chi connectivity index (χ2v) is 5.86. The molecule has 0 fully saturated rings. The van der Waals surface area contributed by atoms with Crippen molar-refractivity contribution in [1.82, 2.24) is 24.8 Å². The third-order valence-corrected chi connectivity index (χ3v) is 4.31. The molecule has 0 bridgehead atoms. The van der Waals surface area contributed by atoms with E-state index >= 15 is 0 Å². The third-order valence-electron chi connectivity index (χ3n) is 4.31. The Morgan fingerprint density at radius 1 is 1.38 bits per heavy atom. The van der Waals surface area contributed by atoms with Crippen molar-refractivity contribution in [3.8, 4) is 11.5 Å². The molecule has 3 rings (SSSR count). The minimum atomic E-state index is 0.710. The Labute approximate surface area is 125 Å². The summed E-state index contributed by atoms with van der Waals surface area (Å²) >= 11 is 0. The van der Waals surface area contributed by atoms with Gasteiger partial charge in [0, 0.05) is 18.4 Å². The van der Waals surface area contributed by atoms with Gasteiger partial charge in [-0.15, -0.1) is 0 Å². The lowest BCUT2D eigenvalue weighted by atomic mass is 9.85. The molecule has 1 unspecified atom stereocenters. The molecule has 0 radical (unpaired) electrons. The first-order chi connectivity index (χ1) is 10.2. The molecule has 1 aliphatic carbocycles. The van der Waals surface area contributed by atoms with E-state index in [-0.39, 0.29) is 0 Å². The van der Waals surface area contributed by atoms with Gasteiger partial charge < -0.3 is 9.88 Å². The predicted molar refractivity (Wildman–Crippen MR) is 83.0 cm³/mol. The molecule has 2 aromatic rings. The molecule has 0 saturated heterocycles. The summed E-state index contributed by atoms with van der Waals surface area (Å²) in [6, 6.07) is 0. The highest BCUT2D eigenvalue weighted by atomic mass is 15.1. The van der Waals surface area contributed by atoms with Crippen molar-refractivity contribution in [1.29, 1.82) is 0 Å². The van der Waals surface area contributed by atoms with Gasteiger partial charge in [-0.05, 0) is 50.8 Å².